The van der Waals surface area contributed by atoms with Gasteiger partial charge in [-0.3, -0.25) is 9.59 Å². The molecule has 0 aliphatic heterocycles. The number of ketones is 2. The van der Waals surface area contributed by atoms with Crippen LogP contribution >= 0.6 is 0 Å². The van der Waals surface area contributed by atoms with E-state index < -0.39 is 6.04 Å². The van der Waals surface area contributed by atoms with Gasteiger partial charge in [0.05, 0.1) is 5.52 Å². The summed E-state index contributed by atoms with van der Waals surface area (Å²) in [5.74, 6) is -0.458. The fourth-order valence-corrected chi connectivity index (χ4v) is 2.02. The van der Waals surface area contributed by atoms with E-state index in [0.717, 1.165) is 11.1 Å². The molecule has 18 heavy (non-hydrogen) atoms. The van der Waals surface area contributed by atoms with E-state index in [2.05, 4.69) is 10.3 Å². The van der Waals surface area contributed by atoms with Gasteiger partial charge in [-0.1, -0.05) is 5.21 Å². The minimum absolute atomic E-state index is 0.229. The van der Waals surface area contributed by atoms with Gasteiger partial charge in [-0.15, -0.1) is 5.10 Å². The summed E-state index contributed by atoms with van der Waals surface area (Å²) in [7, 11) is 0. The van der Waals surface area contributed by atoms with Crippen LogP contribution in [0.5, 0.6) is 0 Å². The second-order valence-electron chi connectivity index (χ2n) is 4.58. The number of benzene rings is 1. The molecule has 2 rings (SSSR count). The minimum atomic E-state index is -0.878. The second-order valence-corrected chi connectivity index (χ2v) is 4.58. The first-order valence-electron chi connectivity index (χ1n) is 5.75. The van der Waals surface area contributed by atoms with Gasteiger partial charge in [0, 0.05) is 0 Å². The van der Waals surface area contributed by atoms with Crippen molar-refractivity contribution in [1.29, 1.82) is 0 Å². The SMILES string of the molecule is CC(=O)C(C(C)=O)n1nnc2cc(C)c(C)cc21. The Kier molecular flexibility index (Phi) is 2.98. The first-order valence-corrected chi connectivity index (χ1v) is 5.75. The van der Waals surface area contributed by atoms with Crippen LogP contribution in [0, 0.1) is 13.8 Å². The van der Waals surface area contributed by atoms with Crippen LogP contribution in [-0.4, -0.2) is 26.6 Å². The predicted octanol–water partition coefficient (Wildman–Crippen LogP) is 1.77. The molecule has 5 heteroatoms. The van der Waals surface area contributed by atoms with Gasteiger partial charge in [-0.25, -0.2) is 4.68 Å². The highest BCUT2D eigenvalue weighted by molar-refractivity contribution is 6.03. The highest BCUT2D eigenvalue weighted by Gasteiger charge is 2.24. The summed E-state index contributed by atoms with van der Waals surface area (Å²) < 4.78 is 1.41. The van der Waals surface area contributed by atoms with Crippen LogP contribution in [0.2, 0.25) is 0 Å². The maximum absolute atomic E-state index is 11.6. The molecule has 0 aliphatic carbocycles. The van der Waals surface area contributed by atoms with Crippen molar-refractivity contribution in [3.8, 4) is 0 Å². The Bertz CT molecular complexity index is 629. The number of hydrogen-bond acceptors (Lipinski definition) is 4. The van der Waals surface area contributed by atoms with E-state index in [0.29, 0.717) is 11.0 Å². The molecule has 0 unspecified atom stereocenters. The Morgan fingerprint density at radius 1 is 1.11 bits per heavy atom. The third-order valence-electron chi connectivity index (χ3n) is 3.10. The van der Waals surface area contributed by atoms with Crippen molar-refractivity contribution in [1.82, 2.24) is 15.0 Å². The van der Waals surface area contributed by atoms with E-state index in [4.69, 9.17) is 0 Å². The lowest BCUT2D eigenvalue weighted by molar-refractivity contribution is -0.129. The number of rotatable bonds is 3. The summed E-state index contributed by atoms with van der Waals surface area (Å²) in [6.45, 7) is 6.74. The van der Waals surface area contributed by atoms with Gasteiger partial charge in [0.2, 0.25) is 0 Å². The monoisotopic (exact) mass is 245 g/mol. The molecule has 1 aromatic heterocycles. The van der Waals surface area contributed by atoms with Crippen molar-refractivity contribution in [2.45, 2.75) is 33.7 Å². The molecule has 0 bridgehead atoms. The zero-order valence-electron chi connectivity index (χ0n) is 10.9. The van der Waals surface area contributed by atoms with Crippen LogP contribution in [0.1, 0.15) is 31.0 Å². The maximum atomic E-state index is 11.6. The van der Waals surface area contributed by atoms with Crippen molar-refractivity contribution in [3.63, 3.8) is 0 Å². The molecule has 94 valence electrons. The molecular formula is C13H15N3O2. The highest BCUT2D eigenvalue weighted by atomic mass is 16.2. The zero-order valence-corrected chi connectivity index (χ0v) is 10.9. The number of nitrogens with zero attached hydrogens (tertiary/aromatic N) is 3. The first kappa shape index (κ1) is 12.4. The molecule has 0 saturated carbocycles. The summed E-state index contributed by atoms with van der Waals surface area (Å²) >= 11 is 0. The van der Waals surface area contributed by atoms with E-state index in [9.17, 15) is 9.59 Å². The van der Waals surface area contributed by atoms with Gasteiger partial charge < -0.3 is 0 Å². The van der Waals surface area contributed by atoms with Crippen LogP contribution in [-0.2, 0) is 9.59 Å². The number of carbonyl (C=O) groups is 2. The molecule has 0 saturated heterocycles. The van der Waals surface area contributed by atoms with Crippen LogP contribution in [0.25, 0.3) is 11.0 Å². The lowest BCUT2D eigenvalue weighted by atomic mass is 10.1. The Labute approximate surface area is 105 Å². The molecule has 5 nitrogen and oxygen atoms in total. The lowest BCUT2D eigenvalue weighted by Crippen LogP contribution is -2.25. The van der Waals surface area contributed by atoms with Crippen molar-refractivity contribution in [2.75, 3.05) is 0 Å². The summed E-state index contributed by atoms with van der Waals surface area (Å²) in [4.78, 5) is 23.1. The lowest BCUT2D eigenvalue weighted by Gasteiger charge is -2.11. The fourth-order valence-electron chi connectivity index (χ4n) is 2.02. The molecule has 0 fully saturated rings. The Morgan fingerprint density at radius 2 is 1.67 bits per heavy atom. The molecule has 0 amide bonds. The minimum Gasteiger partial charge on any atom is -0.297 e. The van der Waals surface area contributed by atoms with Gasteiger partial charge in [0.15, 0.2) is 17.6 Å². The van der Waals surface area contributed by atoms with Crippen LogP contribution in [0.15, 0.2) is 12.1 Å². The predicted molar refractivity (Wildman–Crippen MR) is 67.4 cm³/mol. The van der Waals surface area contributed by atoms with Gasteiger partial charge in [-0.2, -0.15) is 0 Å². The van der Waals surface area contributed by atoms with Crippen molar-refractivity contribution in [2.24, 2.45) is 0 Å². The normalized spacial score (nSPS) is 11.2. The Balaban J connectivity index is 2.68. The Morgan fingerprint density at radius 3 is 2.22 bits per heavy atom. The average molecular weight is 245 g/mol. The molecule has 0 spiro atoms. The third-order valence-corrected chi connectivity index (χ3v) is 3.10. The van der Waals surface area contributed by atoms with Crippen LogP contribution in [0.3, 0.4) is 0 Å². The smallest absolute Gasteiger partial charge is 0.170 e. The number of aromatic nitrogens is 3. The topological polar surface area (TPSA) is 64.8 Å². The number of aryl methyl sites for hydroxylation is 2. The Hall–Kier alpha value is -2.04. The average Bonchev–Trinajstić information content (AvgIpc) is 2.62. The quantitative estimate of drug-likeness (QED) is 0.773. The molecule has 1 aromatic carbocycles. The number of carbonyl (C=O) groups excluding carboxylic acids is 2. The van der Waals surface area contributed by atoms with Gasteiger partial charge >= 0.3 is 0 Å². The van der Waals surface area contributed by atoms with Crippen LogP contribution in [0.4, 0.5) is 0 Å². The van der Waals surface area contributed by atoms with E-state index >= 15 is 0 Å². The summed E-state index contributed by atoms with van der Waals surface area (Å²) in [6, 6.07) is 2.94. The summed E-state index contributed by atoms with van der Waals surface area (Å²) in [5, 5.41) is 7.96. The summed E-state index contributed by atoms with van der Waals surface area (Å²) in [5.41, 5.74) is 3.60. The van der Waals surface area contributed by atoms with E-state index in [1.54, 1.807) is 0 Å². The van der Waals surface area contributed by atoms with Crippen molar-refractivity contribution in [3.05, 3.63) is 23.3 Å². The zero-order chi connectivity index (χ0) is 13.4. The molecular weight excluding hydrogens is 230 g/mol. The molecule has 0 radical (unpaired) electrons. The van der Waals surface area contributed by atoms with Gasteiger partial charge in [0.25, 0.3) is 0 Å². The maximum Gasteiger partial charge on any atom is 0.170 e. The molecule has 0 aliphatic rings. The van der Waals surface area contributed by atoms with E-state index in [-0.39, 0.29) is 11.6 Å². The molecule has 1 heterocycles. The van der Waals surface area contributed by atoms with Crippen molar-refractivity contribution >= 4 is 22.6 Å². The largest absolute Gasteiger partial charge is 0.297 e. The second kappa shape index (κ2) is 4.33. The first-order chi connectivity index (χ1) is 8.41. The molecule has 0 atom stereocenters. The molecule has 0 N–H and O–H groups in total. The van der Waals surface area contributed by atoms with Gasteiger partial charge in [-0.05, 0) is 51.0 Å². The van der Waals surface area contributed by atoms with E-state index in [1.807, 2.05) is 26.0 Å². The number of hydrogen-bond donors (Lipinski definition) is 0. The molecule has 2 aromatic rings. The number of Topliss-reactive ketones (excluding diaryl/α,β-unsaturated/α-hetero) is 2. The van der Waals surface area contributed by atoms with Gasteiger partial charge in [0.1, 0.15) is 5.52 Å². The fraction of sp³-hybridized carbons (Fsp3) is 0.385. The third kappa shape index (κ3) is 1.92. The number of fused-ring (bicyclic) bond motifs is 1. The standard InChI is InChI=1S/C13H15N3O2/c1-7-5-11-12(6-8(7)2)16(15-14-11)13(9(3)17)10(4)18/h5-6,13H,1-4H3. The van der Waals surface area contributed by atoms with Crippen LogP contribution < -0.4 is 0 Å². The van der Waals surface area contributed by atoms with Crippen molar-refractivity contribution < 1.29 is 9.59 Å². The highest BCUT2D eigenvalue weighted by Crippen LogP contribution is 2.21. The summed E-state index contributed by atoms with van der Waals surface area (Å²) in [6.07, 6.45) is 0. The van der Waals surface area contributed by atoms with E-state index in [1.165, 1.54) is 18.5 Å².